The van der Waals surface area contributed by atoms with Gasteiger partial charge in [0.1, 0.15) is 17.7 Å². The molecule has 41 heavy (non-hydrogen) atoms. The zero-order chi connectivity index (χ0) is 29.7. The second kappa shape index (κ2) is 13.3. The van der Waals surface area contributed by atoms with E-state index in [4.69, 9.17) is 24.4 Å². The zero-order valence-electron chi connectivity index (χ0n) is 24.2. The van der Waals surface area contributed by atoms with Gasteiger partial charge in [-0.1, -0.05) is 25.8 Å². The number of aryl methyl sites for hydroxylation is 1. The molecular formula is C31H40FN3O6. The van der Waals surface area contributed by atoms with Gasteiger partial charge in [-0.15, -0.1) is 0 Å². The van der Waals surface area contributed by atoms with E-state index in [0.29, 0.717) is 31.6 Å². The molecule has 10 heteroatoms. The lowest BCUT2D eigenvalue weighted by atomic mass is 9.86. The maximum Gasteiger partial charge on any atom is 0.414 e. The fourth-order valence-electron chi connectivity index (χ4n) is 6.53. The van der Waals surface area contributed by atoms with Crippen LogP contribution in [-0.2, 0) is 22.4 Å². The third-order valence-electron chi connectivity index (χ3n) is 8.40. The molecule has 4 unspecified atom stereocenters. The molecule has 1 aliphatic carbocycles. The molecular weight excluding hydrogens is 529 g/mol. The number of ether oxygens (including phenoxy) is 2. The second-order valence-corrected chi connectivity index (χ2v) is 10.9. The first-order valence-corrected chi connectivity index (χ1v) is 14.2. The Morgan fingerprint density at radius 1 is 1.17 bits per heavy atom. The van der Waals surface area contributed by atoms with Gasteiger partial charge in [-0.25, -0.2) is 9.78 Å². The number of carbonyl (C=O) groups excluding carboxylic acids is 1. The summed E-state index contributed by atoms with van der Waals surface area (Å²) in [5.74, 6) is 2.24. The van der Waals surface area contributed by atoms with Crippen LogP contribution in [0.3, 0.4) is 0 Å². The van der Waals surface area contributed by atoms with Crippen molar-refractivity contribution in [3.8, 4) is 5.75 Å². The average molecular weight is 570 g/mol. The lowest BCUT2D eigenvalue weighted by Gasteiger charge is -2.34. The molecule has 1 fully saturated rings. The van der Waals surface area contributed by atoms with E-state index in [-0.39, 0.29) is 18.6 Å². The quantitative estimate of drug-likeness (QED) is 0.372. The van der Waals surface area contributed by atoms with Crippen LogP contribution in [0.2, 0.25) is 0 Å². The van der Waals surface area contributed by atoms with Gasteiger partial charge in [0.15, 0.2) is 0 Å². The fraction of sp³-hybridized carbons (Fsp3) is 0.516. The van der Waals surface area contributed by atoms with Gasteiger partial charge in [0.25, 0.3) is 6.47 Å². The number of aliphatic hydroxyl groups is 1. The van der Waals surface area contributed by atoms with Gasteiger partial charge < -0.3 is 24.3 Å². The molecule has 0 radical (unpaired) electrons. The van der Waals surface area contributed by atoms with Crippen LogP contribution >= 0.6 is 0 Å². The smallest absolute Gasteiger partial charge is 0.414 e. The summed E-state index contributed by atoms with van der Waals surface area (Å²) in [7, 11) is 1.93. The lowest BCUT2D eigenvalue weighted by molar-refractivity contribution is -0.122. The molecule has 1 saturated carbocycles. The molecule has 222 valence electrons. The summed E-state index contributed by atoms with van der Waals surface area (Å²) in [6.07, 6.45) is 5.94. The number of aliphatic hydroxyl groups excluding tert-OH is 1. The maximum atomic E-state index is 12.6. The Morgan fingerprint density at radius 2 is 1.93 bits per heavy atom. The van der Waals surface area contributed by atoms with Gasteiger partial charge in [0, 0.05) is 24.1 Å². The van der Waals surface area contributed by atoms with Crippen LogP contribution in [0.25, 0.3) is 11.0 Å². The first kappa shape index (κ1) is 30.3. The highest BCUT2D eigenvalue weighted by Gasteiger charge is 2.34. The van der Waals surface area contributed by atoms with Crippen molar-refractivity contribution in [3.05, 3.63) is 52.8 Å². The highest BCUT2D eigenvalue weighted by atomic mass is 19.1. The molecule has 2 N–H and O–H groups in total. The zero-order valence-corrected chi connectivity index (χ0v) is 24.2. The Balaban J connectivity index is 0.000000728. The summed E-state index contributed by atoms with van der Waals surface area (Å²) in [5.41, 5.74) is 5.86. The molecule has 0 saturated heterocycles. The van der Waals surface area contributed by atoms with Crippen LogP contribution in [0.1, 0.15) is 80.6 Å². The number of carboxylic acid groups (broad SMARTS) is 1. The van der Waals surface area contributed by atoms with Crippen LogP contribution < -0.4 is 9.64 Å². The van der Waals surface area contributed by atoms with E-state index in [9.17, 15) is 14.3 Å². The van der Waals surface area contributed by atoms with Crippen molar-refractivity contribution < 1.29 is 33.7 Å². The van der Waals surface area contributed by atoms with Gasteiger partial charge in [0.2, 0.25) is 0 Å². The second-order valence-electron chi connectivity index (χ2n) is 10.9. The summed E-state index contributed by atoms with van der Waals surface area (Å²) in [4.78, 5) is 27.9. The van der Waals surface area contributed by atoms with Crippen molar-refractivity contribution in [2.24, 2.45) is 5.92 Å². The van der Waals surface area contributed by atoms with Gasteiger partial charge >= 0.3 is 6.09 Å². The van der Waals surface area contributed by atoms with Crippen LogP contribution in [0, 0.1) is 5.92 Å². The summed E-state index contributed by atoms with van der Waals surface area (Å²) < 4.78 is 22.6. The Morgan fingerprint density at radius 3 is 2.63 bits per heavy atom. The minimum Gasteiger partial charge on any atom is -0.493 e. The third kappa shape index (κ3) is 5.88. The molecule has 4 atom stereocenters. The third-order valence-corrected chi connectivity index (χ3v) is 8.40. The summed E-state index contributed by atoms with van der Waals surface area (Å²) in [5, 5.41) is 18.6. The summed E-state index contributed by atoms with van der Waals surface area (Å²) >= 11 is 0. The lowest BCUT2D eigenvalue weighted by Crippen LogP contribution is -2.42. The normalized spacial score (nSPS) is 21.7. The number of rotatable bonds is 3. The predicted octanol–water partition coefficient (Wildman–Crippen LogP) is 6.00. The average Bonchev–Trinajstić information content (AvgIpc) is 3.62. The van der Waals surface area contributed by atoms with Crippen molar-refractivity contribution in [2.75, 3.05) is 25.8 Å². The van der Waals surface area contributed by atoms with Crippen LogP contribution in [0.15, 0.2) is 30.3 Å². The van der Waals surface area contributed by atoms with Crippen molar-refractivity contribution in [1.82, 2.24) is 9.55 Å². The predicted molar refractivity (Wildman–Crippen MR) is 154 cm³/mol. The maximum absolute atomic E-state index is 12.6. The Bertz CT molecular complexity index is 1380. The largest absolute Gasteiger partial charge is 0.493 e. The number of fused-ring (bicyclic) bond motifs is 4. The van der Waals surface area contributed by atoms with Gasteiger partial charge in [-0.2, -0.15) is 0 Å². The highest BCUT2D eigenvalue weighted by Crippen LogP contribution is 2.42. The molecule has 3 heterocycles. The van der Waals surface area contributed by atoms with Crippen LogP contribution in [0.4, 0.5) is 14.9 Å². The molecule has 1 amide bonds. The number of nitrogens with zero attached hydrogens (tertiary/aromatic N) is 3. The van der Waals surface area contributed by atoms with Crippen molar-refractivity contribution in [1.29, 1.82) is 0 Å². The molecule has 0 bridgehead atoms. The topological polar surface area (TPSA) is 114 Å². The SMILES string of the molecule is CF.COC(=O)N1c2ccc3c(nc(C(O)c4ccc5c(c4)CCO5)n3C3CCCC(C)C3)c2CCC1C.O=CO. The van der Waals surface area contributed by atoms with E-state index in [1.54, 1.807) is 4.90 Å². The fourth-order valence-corrected chi connectivity index (χ4v) is 6.53. The first-order valence-electron chi connectivity index (χ1n) is 14.2. The minimum atomic E-state index is -0.838. The van der Waals surface area contributed by atoms with E-state index in [1.165, 1.54) is 20.0 Å². The molecule has 6 rings (SSSR count). The molecule has 1 aromatic heterocycles. The Hall–Kier alpha value is -3.66. The number of amides is 1. The molecule has 2 aromatic carbocycles. The standard InChI is InChI=1S/C29H35N3O4.CH3F.CH2O2/c1-17-5-4-6-21(15-17)32-24-11-10-23-22(9-7-18(2)31(23)29(34)35-3)26(24)30-28(32)27(33)20-8-12-25-19(16-20)13-14-36-25;1-2;2-1-3/h8,10-12,16-18,21,27,33H,4-7,9,13-15H2,1-3H3;1H3;1H,(H,2,3). The van der Waals surface area contributed by atoms with Crippen LogP contribution in [-0.4, -0.2) is 59.3 Å². The number of benzene rings is 2. The van der Waals surface area contributed by atoms with Crippen molar-refractivity contribution in [3.63, 3.8) is 0 Å². The van der Waals surface area contributed by atoms with Gasteiger partial charge in [-0.3, -0.25) is 14.1 Å². The number of halogens is 1. The number of carbonyl (C=O) groups is 2. The summed E-state index contributed by atoms with van der Waals surface area (Å²) in [6.45, 7) is 4.81. The van der Waals surface area contributed by atoms with Crippen LogP contribution in [0.5, 0.6) is 5.75 Å². The number of hydrogen-bond acceptors (Lipinski definition) is 6. The van der Waals surface area contributed by atoms with E-state index < -0.39 is 6.10 Å². The highest BCUT2D eigenvalue weighted by molar-refractivity contribution is 5.95. The van der Waals surface area contributed by atoms with E-state index in [2.05, 4.69) is 30.5 Å². The van der Waals surface area contributed by atoms with Gasteiger partial charge in [0.05, 0.1) is 37.6 Å². The van der Waals surface area contributed by atoms with E-state index >= 15 is 0 Å². The molecule has 0 spiro atoms. The molecule has 3 aromatic rings. The monoisotopic (exact) mass is 569 g/mol. The Labute approximate surface area is 239 Å². The number of anilines is 1. The van der Waals surface area contributed by atoms with E-state index in [0.717, 1.165) is 71.3 Å². The number of alkyl halides is 1. The number of methoxy groups -OCH3 is 1. The molecule has 9 nitrogen and oxygen atoms in total. The Kier molecular flexibility index (Phi) is 9.86. The first-order chi connectivity index (χ1) is 19.9. The number of aromatic nitrogens is 2. The minimum absolute atomic E-state index is 0.0578. The number of imidazole rings is 1. The summed E-state index contributed by atoms with van der Waals surface area (Å²) in [6, 6.07) is 10.5. The van der Waals surface area contributed by atoms with Crippen molar-refractivity contribution >= 4 is 29.3 Å². The molecule has 3 aliphatic rings. The van der Waals surface area contributed by atoms with E-state index in [1.807, 2.05) is 18.2 Å². The number of hydrogen-bond donors (Lipinski definition) is 2. The van der Waals surface area contributed by atoms with Crippen molar-refractivity contribution in [2.45, 2.75) is 77.0 Å². The van der Waals surface area contributed by atoms with Gasteiger partial charge in [-0.05, 0) is 73.9 Å². The molecule has 2 aliphatic heterocycles.